The molecule has 0 aliphatic rings. The fourth-order valence-electron chi connectivity index (χ4n) is 1.61. The minimum Gasteiger partial charge on any atom is -0.496 e. The van der Waals surface area contributed by atoms with Gasteiger partial charge in [-0.05, 0) is 13.0 Å². The number of ether oxygens (including phenoxy) is 1. The molecule has 2 aromatic rings. The number of nitrogens with two attached hydrogens (primary N) is 1. The first-order valence-corrected chi connectivity index (χ1v) is 5.51. The van der Waals surface area contributed by atoms with E-state index < -0.39 is 5.82 Å². The lowest BCUT2D eigenvalue weighted by atomic mass is 10.1. The number of halogens is 2. The van der Waals surface area contributed by atoms with Crippen molar-refractivity contribution in [1.29, 1.82) is 0 Å². The Kier molecular flexibility index (Phi) is 3.49. The van der Waals surface area contributed by atoms with Crippen LogP contribution in [0.4, 0.5) is 4.39 Å². The molecule has 18 heavy (non-hydrogen) atoms. The molecule has 0 saturated carbocycles. The van der Waals surface area contributed by atoms with Gasteiger partial charge in [0.05, 0.1) is 24.2 Å². The smallest absolute Gasteiger partial charge is 0.240 e. The Bertz CT molecular complexity index is 586. The maximum atomic E-state index is 13.6. The minimum absolute atomic E-state index is 0.0256. The number of benzene rings is 1. The van der Waals surface area contributed by atoms with Crippen LogP contribution in [0.15, 0.2) is 10.6 Å². The van der Waals surface area contributed by atoms with Gasteiger partial charge in [0.15, 0.2) is 0 Å². The van der Waals surface area contributed by atoms with Gasteiger partial charge in [-0.1, -0.05) is 16.8 Å². The molecule has 0 amide bonds. The first-order chi connectivity index (χ1) is 8.58. The lowest BCUT2D eigenvalue weighted by Gasteiger charge is -2.10. The van der Waals surface area contributed by atoms with Gasteiger partial charge in [0.2, 0.25) is 11.7 Å². The molecule has 5 nitrogen and oxygen atoms in total. The summed E-state index contributed by atoms with van der Waals surface area (Å²) >= 11 is 5.80. The highest BCUT2D eigenvalue weighted by atomic mass is 35.5. The van der Waals surface area contributed by atoms with Gasteiger partial charge in [-0.2, -0.15) is 4.98 Å². The molecule has 0 aliphatic carbocycles. The van der Waals surface area contributed by atoms with Crippen LogP contribution in [0.25, 0.3) is 11.4 Å². The summed E-state index contributed by atoms with van der Waals surface area (Å²) in [4.78, 5) is 4.06. The van der Waals surface area contributed by atoms with Crippen LogP contribution in [-0.2, 0) is 6.54 Å². The second-order valence-electron chi connectivity index (χ2n) is 3.59. The second kappa shape index (κ2) is 4.91. The van der Waals surface area contributed by atoms with Crippen LogP contribution in [0.2, 0.25) is 5.02 Å². The Balaban J connectivity index is 2.63. The summed E-state index contributed by atoms with van der Waals surface area (Å²) in [6.45, 7) is 1.69. The minimum atomic E-state index is -0.528. The van der Waals surface area contributed by atoms with Gasteiger partial charge >= 0.3 is 0 Å². The first-order valence-electron chi connectivity index (χ1n) is 5.14. The Morgan fingerprint density at radius 3 is 2.83 bits per heavy atom. The number of aromatic nitrogens is 2. The van der Waals surface area contributed by atoms with Crippen LogP contribution in [-0.4, -0.2) is 17.3 Å². The third kappa shape index (κ3) is 2.04. The van der Waals surface area contributed by atoms with E-state index >= 15 is 0 Å². The molecule has 0 atom stereocenters. The van der Waals surface area contributed by atoms with Crippen LogP contribution in [0.5, 0.6) is 5.75 Å². The average Bonchev–Trinajstić information content (AvgIpc) is 2.84. The number of nitrogens with zero attached hydrogens (tertiary/aromatic N) is 2. The SMILES string of the molecule is COc1c(-c2noc(CN)n2)cc(Cl)c(F)c1C. The van der Waals surface area contributed by atoms with Crippen molar-refractivity contribution in [2.75, 3.05) is 7.11 Å². The molecule has 0 radical (unpaired) electrons. The predicted molar refractivity (Wildman–Crippen MR) is 63.9 cm³/mol. The Morgan fingerprint density at radius 1 is 1.56 bits per heavy atom. The molecular weight excluding hydrogens is 261 g/mol. The highest BCUT2D eigenvalue weighted by Gasteiger charge is 2.19. The molecule has 0 aliphatic heterocycles. The summed E-state index contributed by atoms with van der Waals surface area (Å²) < 4.78 is 23.7. The molecule has 96 valence electrons. The molecule has 7 heteroatoms. The highest BCUT2D eigenvalue weighted by Crippen LogP contribution is 2.36. The normalized spacial score (nSPS) is 10.7. The summed E-state index contributed by atoms with van der Waals surface area (Å²) in [5.74, 6) is 0.337. The van der Waals surface area contributed by atoms with Gasteiger partial charge in [0.25, 0.3) is 0 Å². The van der Waals surface area contributed by atoms with E-state index in [4.69, 9.17) is 26.6 Å². The predicted octanol–water partition coefficient (Wildman–Crippen LogP) is 2.30. The molecule has 0 spiro atoms. The zero-order chi connectivity index (χ0) is 13.3. The molecular formula is C11H11ClFN3O2. The van der Waals surface area contributed by atoms with Gasteiger partial charge in [0, 0.05) is 5.56 Å². The zero-order valence-electron chi connectivity index (χ0n) is 9.83. The Hall–Kier alpha value is -1.66. The van der Waals surface area contributed by atoms with Gasteiger partial charge in [-0.3, -0.25) is 0 Å². The maximum absolute atomic E-state index is 13.6. The van der Waals surface area contributed by atoms with E-state index in [1.54, 1.807) is 6.92 Å². The highest BCUT2D eigenvalue weighted by molar-refractivity contribution is 6.31. The van der Waals surface area contributed by atoms with Crippen LogP contribution in [0.1, 0.15) is 11.5 Å². The summed E-state index contributed by atoms with van der Waals surface area (Å²) in [5.41, 5.74) is 6.14. The number of hydrogen-bond acceptors (Lipinski definition) is 5. The van der Waals surface area contributed by atoms with Gasteiger partial charge in [0.1, 0.15) is 11.6 Å². The largest absolute Gasteiger partial charge is 0.496 e. The van der Waals surface area contributed by atoms with E-state index in [1.807, 2.05) is 0 Å². The number of hydrogen-bond donors (Lipinski definition) is 1. The van der Waals surface area contributed by atoms with E-state index in [0.29, 0.717) is 16.9 Å². The third-order valence-electron chi connectivity index (χ3n) is 2.48. The van der Waals surface area contributed by atoms with Crippen molar-refractivity contribution in [1.82, 2.24) is 10.1 Å². The molecule has 0 bridgehead atoms. The van der Waals surface area contributed by atoms with Crippen molar-refractivity contribution in [3.8, 4) is 17.1 Å². The summed E-state index contributed by atoms with van der Waals surface area (Å²) in [6, 6.07) is 1.40. The first kappa shape index (κ1) is 12.8. The second-order valence-corrected chi connectivity index (χ2v) is 4.00. The molecule has 0 saturated heterocycles. The number of rotatable bonds is 3. The monoisotopic (exact) mass is 271 g/mol. The van der Waals surface area contributed by atoms with E-state index in [2.05, 4.69) is 10.1 Å². The standard InChI is InChI=1S/C11H11ClFN3O2/c1-5-9(13)7(12)3-6(10(5)17-2)11-15-8(4-14)18-16-11/h3H,4,14H2,1-2H3. The van der Waals surface area contributed by atoms with Gasteiger partial charge in [-0.25, -0.2) is 4.39 Å². The van der Waals surface area contributed by atoms with E-state index in [9.17, 15) is 4.39 Å². The van der Waals surface area contributed by atoms with E-state index in [-0.39, 0.29) is 23.3 Å². The van der Waals surface area contributed by atoms with Crippen molar-refractivity contribution in [2.24, 2.45) is 5.73 Å². The van der Waals surface area contributed by atoms with Crippen molar-refractivity contribution in [2.45, 2.75) is 13.5 Å². The van der Waals surface area contributed by atoms with Crippen molar-refractivity contribution in [3.63, 3.8) is 0 Å². The van der Waals surface area contributed by atoms with Crippen molar-refractivity contribution in [3.05, 3.63) is 28.4 Å². The molecule has 2 rings (SSSR count). The summed E-state index contributed by atoms with van der Waals surface area (Å²) in [7, 11) is 1.43. The van der Waals surface area contributed by atoms with Crippen molar-refractivity contribution < 1.29 is 13.7 Å². The van der Waals surface area contributed by atoms with Crippen LogP contribution in [0.3, 0.4) is 0 Å². The quantitative estimate of drug-likeness (QED) is 0.927. The average molecular weight is 272 g/mol. The Labute approximate surface area is 108 Å². The fraction of sp³-hybridized carbons (Fsp3) is 0.273. The molecule has 2 N–H and O–H groups in total. The molecule has 0 fully saturated rings. The van der Waals surface area contributed by atoms with Gasteiger partial charge < -0.3 is 15.0 Å². The zero-order valence-corrected chi connectivity index (χ0v) is 10.6. The van der Waals surface area contributed by atoms with Crippen LogP contribution >= 0.6 is 11.6 Å². The van der Waals surface area contributed by atoms with E-state index in [0.717, 1.165) is 0 Å². The molecule has 0 unspecified atom stereocenters. The third-order valence-corrected chi connectivity index (χ3v) is 2.76. The Morgan fingerprint density at radius 2 is 2.28 bits per heavy atom. The lowest BCUT2D eigenvalue weighted by molar-refractivity contribution is 0.379. The summed E-state index contributed by atoms with van der Waals surface area (Å²) in [5, 5.41) is 3.73. The topological polar surface area (TPSA) is 74.2 Å². The lowest BCUT2D eigenvalue weighted by Crippen LogP contribution is -1.98. The molecule has 1 aromatic heterocycles. The maximum Gasteiger partial charge on any atom is 0.240 e. The summed E-state index contributed by atoms with van der Waals surface area (Å²) in [6.07, 6.45) is 0. The van der Waals surface area contributed by atoms with E-state index in [1.165, 1.54) is 13.2 Å². The van der Waals surface area contributed by atoms with Crippen molar-refractivity contribution >= 4 is 11.6 Å². The van der Waals surface area contributed by atoms with Gasteiger partial charge in [-0.15, -0.1) is 0 Å². The van der Waals surface area contributed by atoms with Crippen LogP contribution < -0.4 is 10.5 Å². The fourth-order valence-corrected chi connectivity index (χ4v) is 1.86. The molecule has 1 aromatic carbocycles. The molecule has 1 heterocycles. The van der Waals surface area contributed by atoms with Crippen LogP contribution in [0, 0.1) is 12.7 Å². The number of methoxy groups -OCH3 is 1.